The van der Waals surface area contributed by atoms with Crippen molar-refractivity contribution in [3.8, 4) is 0 Å². The summed E-state index contributed by atoms with van der Waals surface area (Å²) in [4.78, 5) is 8.97. The maximum absolute atomic E-state index is 11.1. The summed E-state index contributed by atoms with van der Waals surface area (Å²) in [6.07, 6.45) is 5.96. The molecular formula is C21H25N5O4S. The Labute approximate surface area is 180 Å². The van der Waals surface area contributed by atoms with Gasteiger partial charge >= 0.3 is 10.3 Å². The van der Waals surface area contributed by atoms with Gasteiger partial charge in [-0.15, -0.1) is 0 Å². The quantitative estimate of drug-likeness (QED) is 0.531. The lowest BCUT2D eigenvalue weighted by molar-refractivity contribution is 0.100. The molecule has 0 bridgehead atoms. The van der Waals surface area contributed by atoms with Gasteiger partial charge in [0.15, 0.2) is 0 Å². The topological polar surface area (TPSA) is 132 Å². The number of rotatable bonds is 6. The smallest absolute Gasteiger partial charge is 0.333 e. The normalized spacial score (nSPS) is 25.7. The van der Waals surface area contributed by atoms with Gasteiger partial charge in [0.2, 0.25) is 0 Å². The van der Waals surface area contributed by atoms with Gasteiger partial charge in [0.05, 0.1) is 24.1 Å². The molecule has 1 saturated carbocycles. The molecule has 2 aliphatic carbocycles. The highest BCUT2D eigenvalue weighted by Gasteiger charge is 2.35. The van der Waals surface area contributed by atoms with E-state index in [0.29, 0.717) is 12.8 Å². The molecule has 4 N–H and O–H groups in total. The summed E-state index contributed by atoms with van der Waals surface area (Å²) in [5.41, 5.74) is 3.47. The molecule has 1 aromatic carbocycles. The largest absolute Gasteiger partial charge is 0.393 e. The van der Waals surface area contributed by atoms with Crippen LogP contribution in [-0.4, -0.2) is 40.8 Å². The summed E-state index contributed by atoms with van der Waals surface area (Å²) < 4.78 is 28.9. The number of benzene rings is 1. The Morgan fingerprint density at radius 2 is 2.06 bits per heavy atom. The lowest BCUT2D eigenvalue weighted by Crippen LogP contribution is -2.24. The first-order valence-corrected chi connectivity index (χ1v) is 11.9. The minimum atomic E-state index is -4.03. The van der Waals surface area contributed by atoms with Crippen molar-refractivity contribution in [2.45, 2.75) is 43.9 Å². The number of aliphatic hydroxyl groups excluding tert-OH is 1. The van der Waals surface area contributed by atoms with Gasteiger partial charge in [-0.05, 0) is 42.9 Å². The van der Waals surface area contributed by atoms with E-state index in [9.17, 15) is 13.5 Å². The first kappa shape index (κ1) is 20.4. The lowest BCUT2D eigenvalue weighted by Gasteiger charge is -2.16. The monoisotopic (exact) mass is 443 g/mol. The minimum absolute atomic E-state index is 0.0171. The Morgan fingerprint density at radius 3 is 2.90 bits per heavy atom. The highest BCUT2D eigenvalue weighted by molar-refractivity contribution is 7.84. The SMILES string of the molecule is NS(=O)(=O)OCC1C[C@@H](n2ccc3c(N[C@H]4CCc5ccccc54)ncnc32)CC1O. The predicted octanol–water partition coefficient (Wildman–Crippen LogP) is 2.06. The van der Waals surface area contributed by atoms with E-state index in [1.165, 1.54) is 11.1 Å². The van der Waals surface area contributed by atoms with E-state index in [4.69, 9.17) is 9.32 Å². The van der Waals surface area contributed by atoms with Crippen LogP contribution < -0.4 is 10.5 Å². The minimum Gasteiger partial charge on any atom is -0.393 e. The molecule has 1 fully saturated rings. The van der Waals surface area contributed by atoms with Gasteiger partial charge in [0.1, 0.15) is 17.8 Å². The Bertz CT molecular complexity index is 1210. The number of anilines is 1. The van der Waals surface area contributed by atoms with Crippen molar-refractivity contribution in [1.82, 2.24) is 14.5 Å². The average Bonchev–Trinajstić information content (AvgIpc) is 3.43. The van der Waals surface area contributed by atoms with Gasteiger partial charge in [0, 0.05) is 18.2 Å². The summed E-state index contributed by atoms with van der Waals surface area (Å²) in [5.74, 6) is 0.480. The Morgan fingerprint density at radius 1 is 1.23 bits per heavy atom. The molecule has 9 nitrogen and oxygen atoms in total. The number of nitrogens with two attached hydrogens (primary N) is 1. The molecule has 5 rings (SSSR count). The van der Waals surface area contributed by atoms with E-state index >= 15 is 0 Å². The Hall–Kier alpha value is -2.53. The van der Waals surface area contributed by atoms with E-state index in [2.05, 4.69) is 39.6 Å². The van der Waals surface area contributed by atoms with Gasteiger partial charge in [-0.2, -0.15) is 8.42 Å². The second-order valence-electron chi connectivity index (χ2n) is 8.35. The highest BCUT2D eigenvalue weighted by atomic mass is 32.2. The van der Waals surface area contributed by atoms with E-state index in [0.717, 1.165) is 29.7 Å². The van der Waals surface area contributed by atoms with Gasteiger partial charge in [-0.3, -0.25) is 4.18 Å². The Balaban J connectivity index is 1.37. The summed E-state index contributed by atoms with van der Waals surface area (Å²) in [7, 11) is -4.03. The average molecular weight is 444 g/mol. The van der Waals surface area contributed by atoms with Gasteiger partial charge in [0.25, 0.3) is 0 Å². The van der Waals surface area contributed by atoms with Crippen molar-refractivity contribution in [2.75, 3.05) is 11.9 Å². The molecule has 164 valence electrons. The zero-order valence-electron chi connectivity index (χ0n) is 16.9. The standard InChI is InChI=1S/C21H25N5O4S/c22-31(28,29)30-11-14-9-15(10-19(14)27)26-8-7-17-20(23-12-24-21(17)26)25-18-6-5-13-3-1-2-4-16(13)18/h1-4,7-8,12,14-15,18-19,27H,5-6,9-11H2,(H2,22,28,29)(H,23,24,25)/t14?,15-,18+,19?/m1/s1. The first-order valence-electron chi connectivity index (χ1n) is 10.4. The van der Waals surface area contributed by atoms with Crippen LogP contribution in [0.4, 0.5) is 5.82 Å². The number of nitrogens with zero attached hydrogens (tertiary/aromatic N) is 3. The molecule has 3 aromatic rings. The summed E-state index contributed by atoms with van der Waals surface area (Å²) >= 11 is 0. The van der Waals surface area contributed by atoms with Crippen molar-refractivity contribution >= 4 is 27.2 Å². The molecule has 10 heteroatoms. The van der Waals surface area contributed by atoms with Crippen molar-refractivity contribution < 1.29 is 17.7 Å². The molecule has 2 heterocycles. The third-order valence-electron chi connectivity index (χ3n) is 6.43. The summed E-state index contributed by atoms with van der Waals surface area (Å²) in [6, 6.07) is 10.6. The number of aliphatic hydroxyl groups is 1. The van der Waals surface area contributed by atoms with Crippen LogP contribution in [0, 0.1) is 5.92 Å². The van der Waals surface area contributed by atoms with Gasteiger partial charge in [-0.25, -0.2) is 15.1 Å². The molecule has 31 heavy (non-hydrogen) atoms. The van der Waals surface area contributed by atoms with Crippen LogP contribution in [0.5, 0.6) is 0 Å². The number of hydrogen-bond acceptors (Lipinski definition) is 7. The lowest BCUT2D eigenvalue weighted by atomic mass is 10.1. The van der Waals surface area contributed by atoms with Crippen molar-refractivity contribution in [3.63, 3.8) is 0 Å². The molecule has 2 aliphatic rings. The number of nitrogens with one attached hydrogen (secondary N) is 1. The first-order chi connectivity index (χ1) is 14.9. The third kappa shape index (κ3) is 4.03. The second-order valence-corrected chi connectivity index (χ2v) is 9.57. The number of aromatic nitrogens is 3. The fourth-order valence-corrected chi connectivity index (χ4v) is 5.28. The van der Waals surface area contributed by atoms with E-state index in [-0.39, 0.29) is 24.6 Å². The van der Waals surface area contributed by atoms with Crippen LogP contribution in [0.3, 0.4) is 0 Å². The zero-order valence-corrected chi connectivity index (χ0v) is 17.7. The van der Waals surface area contributed by atoms with Crippen molar-refractivity contribution in [2.24, 2.45) is 11.1 Å². The Kier molecular flexibility index (Phi) is 5.17. The van der Waals surface area contributed by atoms with Crippen LogP contribution in [0.25, 0.3) is 11.0 Å². The number of aryl methyl sites for hydroxylation is 1. The second kappa shape index (κ2) is 7.86. The highest BCUT2D eigenvalue weighted by Crippen LogP contribution is 2.39. The summed E-state index contributed by atoms with van der Waals surface area (Å²) in [6.45, 7) is -0.126. The van der Waals surface area contributed by atoms with Crippen LogP contribution in [0.15, 0.2) is 42.9 Å². The molecule has 2 unspecified atom stereocenters. The molecule has 0 amide bonds. The zero-order chi connectivity index (χ0) is 21.6. The summed E-state index contributed by atoms with van der Waals surface area (Å²) in [5, 5.41) is 19.8. The number of fused-ring (bicyclic) bond motifs is 2. The van der Waals surface area contributed by atoms with Crippen LogP contribution >= 0.6 is 0 Å². The molecule has 2 aromatic heterocycles. The molecule has 0 aliphatic heterocycles. The van der Waals surface area contributed by atoms with Crippen molar-refractivity contribution in [3.05, 3.63) is 54.0 Å². The van der Waals surface area contributed by atoms with Gasteiger partial charge in [-0.1, -0.05) is 24.3 Å². The van der Waals surface area contributed by atoms with E-state index in [1.807, 2.05) is 16.8 Å². The molecule has 0 radical (unpaired) electrons. The van der Waals surface area contributed by atoms with Crippen molar-refractivity contribution in [1.29, 1.82) is 0 Å². The number of hydrogen-bond donors (Lipinski definition) is 3. The fourth-order valence-electron chi connectivity index (χ4n) is 4.92. The third-order valence-corrected chi connectivity index (χ3v) is 6.89. The molecule has 0 spiro atoms. The maximum atomic E-state index is 11.1. The molecule has 0 saturated heterocycles. The molecular weight excluding hydrogens is 418 g/mol. The predicted molar refractivity (Wildman–Crippen MR) is 115 cm³/mol. The van der Waals surface area contributed by atoms with E-state index < -0.39 is 16.4 Å². The van der Waals surface area contributed by atoms with E-state index in [1.54, 1.807) is 6.33 Å². The van der Waals surface area contributed by atoms with Crippen LogP contribution in [0.2, 0.25) is 0 Å². The maximum Gasteiger partial charge on any atom is 0.333 e. The van der Waals surface area contributed by atoms with Crippen LogP contribution in [0.1, 0.15) is 42.5 Å². The van der Waals surface area contributed by atoms with Gasteiger partial charge < -0.3 is 15.0 Å². The van der Waals surface area contributed by atoms with Crippen LogP contribution in [-0.2, 0) is 20.9 Å². The molecule has 4 atom stereocenters. The fraction of sp³-hybridized carbons (Fsp3) is 0.429.